The Balaban J connectivity index is 2.75. The highest BCUT2D eigenvalue weighted by Crippen LogP contribution is 2.03. The van der Waals surface area contributed by atoms with E-state index in [2.05, 4.69) is 20.8 Å². The Morgan fingerprint density at radius 2 is 2.00 bits per heavy atom. The zero-order valence-corrected chi connectivity index (χ0v) is 8.14. The molecule has 0 aliphatic heterocycles. The van der Waals surface area contributed by atoms with Crippen LogP contribution in [0.2, 0.25) is 10.6 Å². The summed E-state index contributed by atoms with van der Waals surface area (Å²) in [6.45, 7) is 6.91. The lowest BCUT2D eigenvalue weighted by molar-refractivity contribution is 0.726. The van der Waals surface area contributed by atoms with Gasteiger partial charge in [-0.1, -0.05) is 39.5 Å². The minimum atomic E-state index is 0.786. The standard InChI is InChI=1S/2C4H9.Al/c1-4(2)3;1-3-4-2;/h4H,1H2,2-3H3;1,3-4H2,2H3;. The second kappa shape index (κ2) is 6.65. The molecule has 0 saturated carbocycles. The Hall–Kier alpha value is 0.532. The van der Waals surface area contributed by atoms with E-state index in [1.54, 1.807) is 0 Å². The molecule has 0 aliphatic carbocycles. The van der Waals surface area contributed by atoms with Gasteiger partial charge in [-0.2, -0.15) is 0 Å². The van der Waals surface area contributed by atoms with Crippen LogP contribution in [0.5, 0.6) is 0 Å². The molecule has 0 spiro atoms. The van der Waals surface area contributed by atoms with E-state index >= 15 is 0 Å². The third kappa shape index (κ3) is 8.53. The van der Waals surface area contributed by atoms with E-state index in [1.807, 2.05) is 0 Å². The van der Waals surface area contributed by atoms with Gasteiger partial charge in [-0.15, -0.1) is 10.6 Å². The van der Waals surface area contributed by atoms with Gasteiger partial charge in [0.1, 0.15) is 0 Å². The van der Waals surface area contributed by atoms with Gasteiger partial charge in [-0.25, -0.2) is 0 Å². The van der Waals surface area contributed by atoms with Gasteiger partial charge in [-0.05, 0) is 0 Å². The largest absolute Gasteiger partial charge is 0.200 e. The molecule has 0 aromatic heterocycles. The number of hydrogen-bond acceptors (Lipinski definition) is 0. The minimum absolute atomic E-state index is 0.786. The molecule has 53 valence electrons. The van der Waals surface area contributed by atoms with Crippen LogP contribution in [-0.2, 0) is 0 Å². The molecule has 0 saturated heterocycles. The van der Waals surface area contributed by atoms with Crippen LogP contribution in [-0.4, -0.2) is 15.2 Å². The first-order chi connectivity index (χ1) is 4.27. The molecule has 0 rings (SSSR count). The predicted octanol–water partition coefficient (Wildman–Crippen LogP) is 2.98. The molecule has 0 aromatic rings. The number of unbranched alkanes of at least 4 members (excludes halogenated alkanes) is 1. The van der Waals surface area contributed by atoms with Gasteiger partial charge < -0.3 is 0 Å². The second-order valence-electron chi connectivity index (χ2n) is 3.06. The van der Waals surface area contributed by atoms with Crippen molar-refractivity contribution < 1.29 is 0 Å². The van der Waals surface area contributed by atoms with Crippen molar-refractivity contribution in [1.82, 2.24) is 0 Å². The molecule has 0 fully saturated rings. The zero-order chi connectivity index (χ0) is 7.11. The fourth-order valence-corrected chi connectivity index (χ4v) is 2.40. The van der Waals surface area contributed by atoms with Crippen molar-refractivity contribution in [1.29, 1.82) is 0 Å². The van der Waals surface area contributed by atoms with Gasteiger partial charge in [0.2, 0.25) is 0 Å². The molecule has 0 atom stereocenters. The fraction of sp³-hybridized carbons (Fsp3) is 1.00. The first kappa shape index (κ1) is 9.53. The molecule has 9 heavy (non-hydrogen) atoms. The highest BCUT2D eigenvalue weighted by atomic mass is 27.1. The summed E-state index contributed by atoms with van der Waals surface area (Å²) in [6.07, 6.45) is 2.84. The van der Waals surface area contributed by atoms with E-state index in [0.717, 1.165) is 21.1 Å². The van der Waals surface area contributed by atoms with Crippen LogP contribution in [0.3, 0.4) is 0 Å². The summed E-state index contributed by atoms with van der Waals surface area (Å²) >= 11 is 0.786. The lowest BCUT2D eigenvalue weighted by Gasteiger charge is -2.00. The second-order valence-corrected chi connectivity index (χ2v) is 4.69. The lowest BCUT2D eigenvalue weighted by Crippen LogP contribution is -1.94. The molecular weight excluding hydrogens is 123 g/mol. The van der Waals surface area contributed by atoms with Crippen molar-refractivity contribution in [2.24, 2.45) is 5.92 Å². The maximum Gasteiger partial charge on any atom is 0.200 e. The smallest absolute Gasteiger partial charge is 0.104 e. The first-order valence-corrected chi connectivity index (χ1v) is 5.72. The average molecular weight is 141 g/mol. The van der Waals surface area contributed by atoms with Crippen LogP contribution in [0.4, 0.5) is 0 Å². The highest BCUT2D eigenvalue weighted by Gasteiger charge is 1.94. The summed E-state index contributed by atoms with van der Waals surface area (Å²) in [5, 5.41) is 3.02. The number of hydrogen-bond donors (Lipinski definition) is 0. The minimum Gasteiger partial charge on any atom is -0.104 e. The summed E-state index contributed by atoms with van der Waals surface area (Å²) in [5.41, 5.74) is 0. The molecule has 0 nitrogen and oxygen atoms in total. The van der Waals surface area contributed by atoms with Gasteiger partial charge in [0.25, 0.3) is 0 Å². The summed E-state index contributed by atoms with van der Waals surface area (Å²) in [7, 11) is 0. The van der Waals surface area contributed by atoms with Crippen LogP contribution in [0.25, 0.3) is 0 Å². The summed E-state index contributed by atoms with van der Waals surface area (Å²) < 4.78 is 0. The summed E-state index contributed by atoms with van der Waals surface area (Å²) in [5.74, 6) is 0.942. The van der Waals surface area contributed by atoms with E-state index < -0.39 is 0 Å². The molecular formula is C8H18Al. The van der Waals surface area contributed by atoms with E-state index in [-0.39, 0.29) is 0 Å². The van der Waals surface area contributed by atoms with Crippen molar-refractivity contribution in [3.63, 3.8) is 0 Å². The number of rotatable bonds is 5. The van der Waals surface area contributed by atoms with Gasteiger partial charge in [0, 0.05) is 0 Å². The van der Waals surface area contributed by atoms with E-state index in [4.69, 9.17) is 0 Å². The van der Waals surface area contributed by atoms with Gasteiger partial charge in [0.15, 0.2) is 15.2 Å². The SMILES string of the molecule is CCC[CH2][Al][CH2]C(C)C. The van der Waals surface area contributed by atoms with Gasteiger partial charge >= 0.3 is 0 Å². The van der Waals surface area contributed by atoms with Crippen LogP contribution in [0.1, 0.15) is 33.6 Å². The van der Waals surface area contributed by atoms with Crippen molar-refractivity contribution in [2.45, 2.75) is 44.2 Å². The molecule has 0 unspecified atom stereocenters. The first-order valence-electron chi connectivity index (χ1n) is 4.09. The molecule has 0 heterocycles. The zero-order valence-electron chi connectivity index (χ0n) is 6.98. The summed E-state index contributed by atoms with van der Waals surface area (Å²) in [4.78, 5) is 0. The molecule has 0 N–H and O–H groups in total. The Kier molecular flexibility index (Phi) is 7.04. The van der Waals surface area contributed by atoms with E-state index in [0.29, 0.717) is 0 Å². The Labute approximate surface area is 65.7 Å². The summed E-state index contributed by atoms with van der Waals surface area (Å²) in [6, 6.07) is 0. The van der Waals surface area contributed by atoms with Gasteiger partial charge in [0.05, 0.1) is 0 Å². The average Bonchev–Trinajstić information content (AvgIpc) is 1.80. The Bertz CT molecular complexity index is 50.5. The molecule has 1 radical (unpaired) electrons. The Morgan fingerprint density at radius 1 is 1.33 bits per heavy atom. The lowest BCUT2D eigenvalue weighted by atomic mass is 10.3. The third-order valence-corrected chi connectivity index (χ3v) is 3.49. The maximum atomic E-state index is 2.32. The van der Waals surface area contributed by atoms with Crippen LogP contribution < -0.4 is 0 Å². The molecule has 0 aromatic carbocycles. The highest BCUT2D eigenvalue weighted by molar-refractivity contribution is 6.35. The molecule has 1 heteroatoms. The topological polar surface area (TPSA) is 0 Å². The monoisotopic (exact) mass is 141 g/mol. The quantitative estimate of drug-likeness (QED) is 0.408. The van der Waals surface area contributed by atoms with Crippen LogP contribution >= 0.6 is 0 Å². The fourth-order valence-electron chi connectivity index (χ4n) is 0.800. The molecule has 0 amide bonds. The van der Waals surface area contributed by atoms with E-state index in [9.17, 15) is 0 Å². The van der Waals surface area contributed by atoms with Crippen molar-refractivity contribution >= 4 is 15.2 Å². The van der Waals surface area contributed by atoms with Crippen LogP contribution in [0.15, 0.2) is 0 Å². The molecule has 0 bridgehead atoms. The van der Waals surface area contributed by atoms with Crippen molar-refractivity contribution in [3.05, 3.63) is 0 Å². The Morgan fingerprint density at radius 3 is 2.44 bits per heavy atom. The molecule has 0 aliphatic rings. The predicted molar refractivity (Wildman–Crippen MR) is 45.1 cm³/mol. The van der Waals surface area contributed by atoms with Crippen molar-refractivity contribution in [2.75, 3.05) is 0 Å². The van der Waals surface area contributed by atoms with Gasteiger partial charge in [-0.3, -0.25) is 0 Å². The van der Waals surface area contributed by atoms with Crippen LogP contribution in [0, 0.1) is 5.92 Å². The normalized spacial score (nSPS) is 10.2. The third-order valence-electron chi connectivity index (χ3n) is 1.40. The van der Waals surface area contributed by atoms with E-state index in [1.165, 1.54) is 23.4 Å². The van der Waals surface area contributed by atoms with Crippen molar-refractivity contribution in [3.8, 4) is 0 Å². The maximum absolute atomic E-state index is 2.32.